The summed E-state index contributed by atoms with van der Waals surface area (Å²) in [5, 5.41) is 12.7. The number of aromatic nitrogens is 2. The molecule has 0 saturated carbocycles. The highest BCUT2D eigenvalue weighted by Gasteiger charge is 2.19. The van der Waals surface area contributed by atoms with E-state index in [0.717, 1.165) is 60.9 Å². The number of piperazine rings is 1. The Kier molecular flexibility index (Phi) is 5.38. The monoisotopic (exact) mass is 366 g/mol. The molecule has 4 rings (SSSR count). The van der Waals surface area contributed by atoms with Crippen molar-refractivity contribution in [2.75, 3.05) is 39.9 Å². The molecule has 1 fully saturated rings. The zero-order valence-corrected chi connectivity index (χ0v) is 15.7. The van der Waals surface area contributed by atoms with Gasteiger partial charge < -0.3 is 19.6 Å². The minimum Gasteiger partial charge on any atom is -0.497 e. The first-order valence-corrected chi connectivity index (χ1v) is 9.46. The lowest BCUT2D eigenvalue weighted by Crippen LogP contribution is -2.43. The third-order valence-electron chi connectivity index (χ3n) is 5.13. The van der Waals surface area contributed by atoms with Crippen molar-refractivity contribution >= 4 is 5.65 Å². The second kappa shape index (κ2) is 8.08. The van der Waals surface area contributed by atoms with Crippen LogP contribution >= 0.6 is 0 Å². The molecule has 6 nitrogen and oxygen atoms in total. The summed E-state index contributed by atoms with van der Waals surface area (Å²) >= 11 is 0. The molecule has 6 heteroatoms. The van der Waals surface area contributed by atoms with Crippen molar-refractivity contribution in [3.63, 3.8) is 0 Å². The van der Waals surface area contributed by atoms with Gasteiger partial charge in [-0.1, -0.05) is 6.07 Å². The number of nitrogens with zero attached hydrogens (tertiary/aromatic N) is 3. The third-order valence-corrected chi connectivity index (χ3v) is 5.13. The maximum Gasteiger partial charge on any atom is 0.137 e. The molecule has 1 aliphatic rings. The fourth-order valence-electron chi connectivity index (χ4n) is 3.63. The number of imidazole rings is 1. The maximum absolute atomic E-state index is 9.30. The summed E-state index contributed by atoms with van der Waals surface area (Å²) < 4.78 is 7.48. The number of hydrogen-bond acceptors (Lipinski definition) is 5. The number of hydrogen-bond donors (Lipinski definition) is 2. The Hall–Kier alpha value is -2.41. The van der Waals surface area contributed by atoms with E-state index in [2.05, 4.69) is 32.9 Å². The Morgan fingerprint density at radius 1 is 1.11 bits per heavy atom. The summed E-state index contributed by atoms with van der Waals surface area (Å²) in [5.74, 6) is 0.844. The first kappa shape index (κ1) is 18.0. The molecule has 0 unspecified atom stereocenters. The predicted octanol–water partition coefficient (Wildman–Crippen LogP) is 1.95. The SMILES string of the molecule is COc1ccc(-c2nc3ccc(CCO)cn3c2CN2CCNCC2)cc1. The second-order valence-corrected chi connectivity index (χ2v) is 6.90. The van der Waals surface area contributed by atoms with Crippen molar-refractivity contribution < 1.29 is 9.84 Å². The average molecular weight is 366 g/mol. The van der Waals surface area contributed by atoms with E-state index in [0.29, 0.717) is 6.42 Å². The van der Waals surface area contributed by atoms with Crippen LogP contribution in [0.3, 0.4) is 0 Å². The standard InChI is InChI=1S/C21H26N4O2/c1-27-18-5-3-17(4-6-18)21-19(15-24-11-9-22-10-12-24)25-14-16(8-13-26)2-7-20(25)23-21/h2-7,14,22,26H,8-13,15H2,1H3. The van der Waals surface area contributed by atoms with Crippen LogP contribution in [0, 0.1) is 0 Å². The van der Waals surface area contributed by atoms with Gasteiger partial charge in [0, 0.05) is 51.1 Å². The molecule has 0 bridgehead atoms. The van der Waals surface area contributed by atoms with Crippen molar-refractivity contribution in [1.82, 2.24) is 19.6 Å². The number of rotatable bonds is 6. The highest BCUT2D eigenvalue weighted by Crippen LogP contribution is 2.28. The van der Waals surface area contributed by atoms with Gasteiger partial charge in [-0.25, -0.2) is 4.98 Å². The van der Waals surface area contributed by atoms with Gasteiger partial charge in [0.15, 0.2) is 0 Å². The van der Waals surface area contributed by atoms with Crippen molar-refractivity contribution in [1.29, 1.82) is 0 Å². The summed E-state index contributed by atoms with van der Waals surface area (Å²) in [6, 6.07) is 12.2. The first-order chi connectivity index (χ1) is 13.3. The fourth-order valence-corrected chi connectivity index (χ4v) is 3.63. The molecule has 142 valence electrons. The molecule has 0 amide bonds. The number of nitrogens with one attached hydrogen (secondary N) is 1. The van der Waals surface area contributed by atoms with Crippen LogP contribution in [0.1, 0.15) is 11.3 Å². The highest BCUT2D eigenvalue weighted by molar-refractivity contribution is 5.67. The molecule has 1 aliphatic heterocycles. The molecule has 1 aromatic carbocycles. The summed E-state index contributed by atoms with van der Waals surface area (Å²) in [6.07, 6.45) is 2.77. The van der Waals surface area contributed by atoms with E-state index in [1.54, 1.807) is 7.11 Å². The van der Waals surface area contributed by atoms with Crippen LogP contribution < -0.4 is 10.1 Å². The van der Waals surface area contributed by atoms with Crippen LogP contribution in [0.2, 0.25) is 0 Å². The van der Waals surface area contributed by atoms with Gasteiger partial charge in [0.1, 0.15) is 11.4 Å². The molecule has 0 atom stereocenters. The average Bonchev–Trinajstić information content (AvgIpc) is 3.07. The second-order valence-electron chi connectivity index (χ2n) is 6.90. The van der Waals surface area contributed by atoms with Crippen molar-refractivity contribution in [2.45, 2.75) is 13.0 Å². The Morgan fingerprint density at radius 2 is 1.89 bits per heavy atom. The van der Waals surface area contributed by atoms with E-state index >= 15 is 0 Å². The maximum atomic E-state index is 9.30. The molecular formula is C21H26N4O2. The van der Waals surface area contributed by atoms with Gasteiger partial charge in [-0.3, -0.25) is 4.90 Å². The van der Waals surface area contributed by atoms with Gasteiger partial charge in [-0.15, -0.1) is 0 Å². The first-order valence-electron chi connectivity index (χ1n) is 9.46. The quantitative estimate of drug-likeness (QED) is 0.698. The minimum absolute atomic E-state index is 0.151. The lowest BCUT2D eigenvalue weighted by molar-refractivity contribution is 0.230. The van der Waals surface area contributed by atoms with Crippen molar-refractivity contribution in [3.8, 4) is 17.0 Å². The summed E-state index contributed by atoms with van der Waals surface area (Å²) in [7, 11) is 1.68. The molecule has 0 radical (unpaired) electrons. The number of aliphatic hydroxyl groups is 1. The van der Waals surface area contributed by atoms with E-state index in [1.165, 1.54) is 5.69 Å². The van der Waals surface area contributed by atoms with Gasteiger partial charge in [-0.05, 0) is 42.3 Å². The summed E-state index contributed by atoms with van der Waals surface area (Å²) in [4.78, 5) is 7.39. The minimum atomic E-state index is 0.151. The van der Waals surface area contributed by atoms with Crippen LogP contribution in [-0.4, -0.2) is 59.3 Å². The Morgan fingerprint density at radius 3 is 2.59 bits per heavy atom. The molecule has 3 heterocycles. The number of ether oxygens (including phenoxy) is 1. The molecule has 27 heavy (non-hydrogen) atoms. The number of benzene rings is 1. The fraction of sp³-hybridized carbons (Fsp3) is 0.381. The third kappa shape index (κ3) is 3.83. The molecule has 2 aromatic heterocycles. The number of fused-ring (bicyclic) bond motifs is 1. The van der Waals surface area contributed by atoms with Gasteiger partial charge in [0.25, 0.3) is 0 Å². The van der Waals surface area contributed by atoms with Gasteiger partial charge in [0.05, 0.1) is 18.5 Å². The number of aliphatic hydroxyl groups excluding tert-OH is 1. The van der Waals surface area contributed by atoms with Gasteiger partial charge >= 0.3 is 0 Å². The van der Waals surface area contributed by atoms with Crippen molar-refractivity contribution in [3.05, 3.63) is 53.9 Å². The van der Waals surface area contributed by atoms with Crippen LogP contribution in [-0.2, 0) is 13.0 Å². The predicted molar refractivity (Wildman–Crippen MR) is 106 cm³/mol. The van der Waals surface area contributed by atoms with Crippen LogP contribution in [0.5, 0.6) is 5.75 Å². The van der Waals surface area contributed by atoms with E-state index in [-0.39, 0.29) is 6.61 Å². The number of methoxy groups -OCH3 is 1. The Bertz CT molecular complexity index is 898. The normalized spacial score (nSPS) is 15.3. The Labute approximate surface area is 159 Å². The van der Waals surface area contributed by atoms with E-state index in [4.69, 9.17) is 9.72 Å². The Balaban J connectivity index is 1.78. The molecule has 1 saturated heterocycles. The van der Waals surface area contributed by atoms with Crippen LogP contribution in [0.15, 0.2) is 42.6 Å². The lowest BCUT2D eigenvalue weighted by atomic mass is 10.1. The highest BCUT2D eigenvalue weighted by atomic mass is 16.5. The smallest absolute Gasteiger partial charge is 0.137 e. The molecule has 3 aromatic rings. The topological polar surface area (TPSA) is 62.0 Å². The van der Waals surface area contributed by atoms with Crippen molar-refractivity contribution in [2.24, 2.45) is 0 Å². The summed E-state index contributed by atoms with van der Waals surface area (Å²) in [6.45, 7) is 5.11. The van der Waals surface area contributed by atoms with E-state index in [1.807, 2.05) is 24.3 Å². The number of pyridine rings is 1. The van der Waals surface area contributed by atoms with E-state index in [9.17, 15) is 5.11 Å². The largest absolute Gasteiger partial charge is 0.497 e. The molecular weight excluding hydrogens is 340 g/mol. The molecule has 0 spiro atoms. The summed E-state index contributed by atoms with van der Waals surface area (Å²) in [5.41, 5.74) is 5.35. The van der Waals surface area contributed by atoms with Gasteiger partial charge in [0.2, 0.25) is 0 Å². The molecule has 0 aliphatic carbocycles. The lowest BCUT2D eigenvalue weighted by Gasteiger charge is -2.27. The van der Waals surface area contributed by atoms with Crippen LogP contribution in [0.25, 0.3) is 16.9 Å². The molecule has 2 N–H and O–H groups in total. The van der Waals surface area contributed by atoms with Gasteiger partial charge in [-0.2, -0.15) is 0 Å². The zero-order valence-electron chi connectivity index (χ0n) is 15.7. The zero-order chi connectivity index (χ0) is 18.6. The van der Waals surface area contributed by atoms with E-state index < -0.39 is 0 Å². The van der Waals surface area contributed by atoms with Crippen LogP contribution in [0.4, 0.5) is 0 Å².